The Balaban J connectivity index is 3.08. The summed E-state index contributed by atoms with van der Waals surface area (Å²) in [7, 11) is 0. The fourth-order valence-electron chi connectivity index (χ4n) is 0.488. The summed E-state index contributed by atoms with van der Waals surface area (Å²) in [6, 6.07) is 1.89. The van der Waals surface area contributed by atoms with Crippen LogP contribution in [-0.2, 0) is 0 Å². The van der Waals surface area contributed by atoms with E-state index in [1.807, 2.05) is 13.0 Å². The molecule has 0 bridgehead atoms. The molecular formula is C6H12N2O. The molecular weight excluding hydrogens is 116 g/mol. The Morgan fingerprint density at radius 2 is 2.44 bits per heavy atom. The Hall–Kier alpha value is -0.590. The smallest absolute Gasteiger partial charge is 0.0794 e. The second-order valence-corrected chi connectivity index (χ2v) is 1.82. The van der Waals surface area contributed by atoms with Crippen molar-refractivity contribution in [2.75, 3.05) is 13.1 Å². The van der Waals surface area contributed by atoms with E-state index in [-0.39, 0.29) is 6.42 Å². The molecule has 0 saturated carbocycles. The number of rotatable bonds is 4. The normalized spacial score (nSPS) is 12.6. The van der Waals surface area contributed by atoms with Gasteiger partial charge in [0.15, 0.2) is 0 Å². The quantitative estimate of drug-likeness (QED) is 0.554. The SMILES string of the molecule is CCNCC(O)CC#N. The first-order valence-electron chi connectivity index (χ1n) is 3.07. The van der Waals surface area contributed by atoms with Crippen LogP contribution in [0.1, 0.15) is 13.3 Å². The minimum Gasteiger partial charge on any atom is -0.391 e. The summed E-state index contributed by atoms with van der Waals surface area (Å²) in [4.78, 5) is 0. The number of aliphatic hydroxyl groups excluding tert-OH is 1. The highest BCUT2D eigenvalue weighted by Gasteiger charge is 1.99. The van der Waals surface area contributed by atoms with Crippen LogP contribution in [0.3, 0.4) is 0 Å². The summed E-state index contributed by atoms with van der Waals surface area (Å²) in [5.41, 5.74) is 0. The van der Waals surface area contributed by atoms with Crippen LogP contribution in [0, 0.1) is 11.3 Å². The van der Waals surface area contributed by atoms with Gasteiger partial charge in [-0.05, 0) is 6.54 Å². The predicted octanol–water partition coefficient (Wildman–Crippen LogP) is -0.130. The molecule has 0 amide bonds. The van der Waals surface area contributed by atoms with Crippen molar-refractivity contribution in [1.29, 1.82) is 5.26 Å². The van der Waals surface area contributed by atoms with Crippen LogP contribution in [-0.4, -0.2) is 24.3 Å². The van der Waals surface area contributed by atoms with Gasteiger partial charge < -0.3 is 10.4 Å². The third-order valence-electron chi connectivity index (χ3n) is 0.957. The lowest BCUT2D eigenvalue weighted by Crippen LogP contribution is -2.25. The van der Waals surface area contributed by atoms with E-state index in [1.54, 1.807) is 0 Å². The van der Waals surface area contributed by atoms with Gasteiger partial charge in [-0.1, -0.05) is 6.92 Å². The molecule has 52 valence electrons. The zero-order chi connectivity index (χ0) is 7.11. The first-order valence-corrected chi connectivity index (χ1v) is 3.07. The van der Waals surface area contributed by atoms with Gasteiger partial charge in [-0.2, -0.15) is 5.26 Å². The van der Waals surface area contributed by atoms with Crippen LogP contribution in [0.2, 0.25) is 0 Å². The molecule has 0 aliphatic carbocycles. The van der Waals surface area contributed by atoms with Crippen molar-refractivity contribution in [3.05, 3.63) is 0 Å². The minimum absolute atomic E-state index is 0.215. The van der Waals surface area contributed by atoms with E-state index in [2.05, 4.69) is 5.32 Å². The van der Waals surface area contributed by atoms with E-state index in [0.717, 1.165) is 6.54 Å². The zero-order valence-corrected chi connectivity index (χ0v) is 5.59. The number of likely N-dealkylation sites (N-methyl/N-ethyl adjacent to an activating group) is 1. The summed E-state index contributed by atoms with van der Waals surface area (Å²) in [5, 5.41) is 19.9. The van der Waals surface area contributed by atoms with Crippen molar-refractivity contribution >= 4 is 0 Å². The molecule has 0 aromatic heterocycles. The van der Waals surface area contributed by atoms with Gasteiger partial charge in [-0.15, -0.1) is 0 Å². The number of nitrogens with one attached hydrogen (secondary N) is 1. The van der Waals surface area contributed by atoms with Gasteiger partial charge in [-0.25, -0.2) is 0 Å². The summed E-state index contributed by atoms with van der Waals surface area (Å²) >= 11 is 0. The van der Waals surface area contributed by atoms with Gasteiger partial charge in [0, 0.05) is 6.54 Å². The molecule has 0 heterocycles. The number of hydrogen-bond acceptors (Lipinski definition) is 3. The second-order valence-electron chi connectivity index (χ2n) is 1.82. The molecule has 0 spiro atoms. The molecule has 1 atom stereocenters. The Morgan fingerprint density at radius 1 is 1.78 bits per heavy atom. The maximum absolute atomic E-state index is 8.90. The largest absolute Gasteiger partial charge is 0.391 e. The Bertz CT molecular complexity index is 97.7. The lowest BCUT2D eigenvalue weighted by molar-refractivity contribution is 0.177. The molecule has 3 heteroatoms. The van der Waals surface area contributed by atoms with Gasteiger partial charge >= 0.3 is 0 Å². The molecule has 0 radical (unpaired) electrons. The monoisotopic (exact) mass is 128 g/mol. The first kappa shape index (κ1) is 8.41. The van der Waals surface area contributed by atoms with Crippen LogP contribution in [0.4, 0.5) is 0 Å². The maximum atomic E-state index is 8.90. The molecule has 9 heavy (non-hydrogen) atoms. The van der Waals surface area contributed by atoms with Crippen LogP contribution in [0.5, 0.6) is 0 Å². The Kier molecular flexibility index (Phi) is 5.18. The van der Waals surface area contributed by atoms with Crippen molar-refractivity contribution in [3.8, 4) is 6.07 Å². The third kappa shape index (κ3) is 5.28. The van der Waals surface area contributed by atoms with Crippen molar-refractivity contribution < 1.29 is 5.11 Å². The highest BCUT2D eigenvalue weighted by Crippen LogP contribution is 1.85. The van der Waals surface area contributed by atoms with Crippen molar-refractivity contribution in [2.45, 2.75) is 19.4 Å². The number of nitriles is 1. The van der Waals surface area contributed by atoms with E-state index < -0.39 is 6.10 Å². The molecule has 0 aromatic rings. The third-order valence-corrected chi connectivity index (χ3v) is 0.957. The van der Waals surface area contributed by atoms with E-state index in [4.69, 9.17) is 10.4 Å². The molecule has 0 fully saturated rings. The summed E-state index contributed by atoms with van der Waals surface area (Å²) in [6.45, 7) is 3.31. The molecule has 0 saturated heterocycles. The first-order chi connectivity index (χ1) is 4.31. The highest BCUT2D eigenvalue weighted by molar-refractivity contribution is 4.75. The number of nitrogens with zero attached hydrogens (tertiary/aromatic N) is 1. The zero-order valence-electron chi connectivity index (χ0n) is 5.59. The van der Waals surface area contributed by atoms with Gasteiger partial charge in [0.2, 0.25) is 0 Å². The second kappa shape index (κ2) is 5.54. The number of aliphatic hydroxyl groups is 1. The van der Waals surface area contributed by atoms with E-state index in [9.17, 15) is 0 Å². The molecule has 3 nitrogen and oxygen atoms in total. The van der Waals surface area contributed by atoms with E-state index in [0.29, 0.717) is 6.54 Å². The average molecular weight is 128 g/mol. The summed E-state index contributed by atoms with van der Waals surface area (Å²) in [5.74, 6) is 0. The molecule has 0 aliphatic heterocycles. The fraction of sp³-hybridized carbons (Fsp3) is 0.833. The lowest BCUT2D eigenvalue weighted by atomic mass is 10.3. The van der Waals surface area contributed by atoms with Gasteiger partial charge in [0.1, 0.15) is 0 Å². The average Bonchev–Trinajstić information content (AvgIpc) is 1.85. The van der Waals surface area contributed by atoms with Crippen molar-refractivity contribution in [2.24, 2.45) is 0 Å². The topological polar surface area (TPSA) is 56.0 Å². The van der Waals surface area contributed by atoms with Crippen molar-refractivity contribution in [3.63, 3.8) is 0 Å². The Labute approximate surface area is 55.3 Å². The van der Waals surface area contributed by atoms with E-state index >= 15 is 0 Å². The molecule has 0 rings (SSSR count). The maximum Gasteiger partial charge on any atom is 0.0794 e. The van der Waals surface area contributed by atoms with Crippen LogP contribution in [0.25, 0.3) is 0 Å². The molecule has 1 unspecified atom stereocenters. The predicted molar refractivity (Wildman–Crippen MR) is 34.8 cm³/mol. The summed E-state index contributed by atoms with van der Waals surface area (Å²) in [6.07, 6.45) is -0.289. The van der Waals surface area contributed by atoms with Gasteiger partial charge in [0.25, 0.3) is 0 Å². The van der Waals surface area contributed by atoms with Crippen LogP contribution < -0.4 is 5.32 Å². The molecule has 0 aromatic carbocycles. The fourth-order valence-corrected chi connectivity index (χ4v) is 0.488. The van der Waals surface area contributed by atoms with Gasteiger partial charge in [0.05, 0.1) is 18.6 Å². The van der Waals surface area contributed by atoms with E-state index in [1.165, 1.54) is 0 Å². The Morgan fingerprint density at radius 3 is 2.89 bits per heavy atom. The minimum atomic E-state index is -0.505. The lowest BCUT2D eigenvalue weighted by Gasteiger charge is -2.04. The molecule has 2 N–H and O–H groups in total. The van der Waals surface area contributed by atoms with Crippen LogP contribution in [0.15, 0.2) is 0 Å². The molecule has 0 aliphatic rings. The number of hydrogen-bond donors (Lipinski definition) is 2. The standard InChI is InChI=1S/C6H12N2O/c1-2-8-5-6(9)3-4-7/h6,8-9H,2-3,5H2,1H3. The summed E-state index contributed by atoms with van der Waals surface area (Å²) < 4.78 is 0. The van der Waals surface area contributed by atoms with Gasteiger partial charge in [-0.3, -0.25) is 0 Å². The van der Waals surface area contributed by atoms with Crippen molar-refractivity contribution in [1.82, 2.24) is 5.32 Å². The highest BCUT2D eigenvalue weighted by atomic mass is 16.3. The van der Waals surface area contributed by atoms with Crippen LogP contribution >= 0.6 is 0 Å².